The van der Waals surface area contributed by atoms with Crippen LogP contribution < -0.4 is 10.9 Å². The number of hydrogen-bond donors (Lipinski definition) is 1. The zero-order chi connectivity index (χ0) is 23.5. The summed E-state index contributed by atoms with van der Waals surface area (Å²) in [5.74, 6) is -1.47. The summed E-state index contributed by atoms with van der Waals surface area (Å²) >= 11 is 0. The van der Waals surface area contributed by atoms with Gasteiger partial charge in [-0.3, -0.25) is 4.79 Å². The molecular formula is C25H27F3N4O. The lowest BCUT2D eigenvalue weighted by molar-refractivity contribution is -0.0183. The second-order valence-corrected chi connectivity index (χ2v) is 9.63. The fraction of sp³-hybridized carbons (Fsp3) is 0.480. The van der Waals surface area contributed by atoms with Gasteiger partial charge in [0.2, 0.25) is 0 Å². The van der Waals surface area contributed by atoms with E-state index in [0.717, 1.165) is 19.8 Å². The molecule has 33 heavy (non-hydrogen) atoms. The Hall–Kier alpha value is -2.90. The van der Waals surface area contributed by atoms with E-state index in [1.54, 1.807) is 29.8 Å². The van der Waals surface area contributed by atoms with Gasteiger partial charge in [-0.15, -0.1) is 0 Å². The molecule has 3 aliphatic rings. The Balaban J connectivity index is 1.52. The van der Waals surface area contributed by atoms with Crippen LogP contribution in [-0.4, -0.2) is 20.7 Å². The molecule has 0 radical (unpaired) electrons. The van der Waals surface area contributed by atoms with Gasteiger partial charge in [0.1, 0.15) is 17.8 Å². The summed E-state index contributed by atoms with van der Waals surface area (Å²) in [5, 5.41) is 3.97. The fourth-order valence-electron chi connectivity index (χ4n) is 5.25. The lowest BCUT2D eigenvalue weighted by Crippen LogP contribution is -2.46. The van der Waals surface area contributed by atoms with Crippen molar-refractivity contribution >= 4 is 16.7 Å². The van der Waals surface area contributed by atoms with Crippen LogP contribution in [0.15, 0.2) is 41.3 Å². The van der Waals surface area contributed by atoms with Gasteiger partial charge >= 0.3 is 0 Å². The third kappa shape index (κ3) is 4.00. The Morgan fingerprint density at radius 1 is 1.15 bits per heavy atom. The van der Waals surface area contributed by atoms with E-state index >= 15 is 0 Å². The van der Waals surface area contributed by atoms with Gasteiger partial charge in [-0.05, 0) is 56.6 Å². The number of rotatable bonds is 5. The first-order chi connectivity index (χ1) is 15.6. The van der Waals surface area contributed by atoms with Gasteiger partial charge in [0.05, 0.1) is 10.9 Å². The minimum absolute atomic E-state index is 0.0527. The molecule has 2 heterocycles. The van der Waals surface area contributed by atoms with Gasteiger partial charge in [-0.2, -0.15) is 0 Å². The van der Waals surface area contributed by atoms with Crippen molar-refractivity contribution in [2.75, 3.05) is 5.32 Å². The lowest BCUT2D eigenvalue weighted by Gasteiger charge is -2.48. The molecule has 174 valence electrons. The Labute approximate surface area is 190 Å². The third-order valence-electron chi connectivity index (χ3n) is 7.21. The SMILES string of the molecule is Cc1nc(N[C@H](C)c2cccc(C(C)(F)F)c2)c2cn([C@H]3CC(F)C4CC3C4)c(=O)cc2n1. The highest BCUT2D eigenvalue weighted by Crippen LogP contribution is 2.52. The summed E-state index contributed by atoms with van der Waals surface area (Å²) in [7, 11) is 0. The molecule has 5 nitrogen and oxygen atoms in total. The Morgan fingerprint density at radius 2 is 1.91 bits per heavy atom. The van der Waals surface area contributed by atoms with Crippen LogP contribution >= 0.6 is 0 Å². The van der Waals surface area contributed by atoms with Crippen molar-refractivity contribution in [1.29, 1.82) is 0 Å². The molecule has 1 N–H and O–H groups in total. The third-order valence-corrected chi connectivity index (χ3v) is 7.21. The standard InChI is InChI=1S/C25H27F3N4O/c1-13(15-5-4-6-18(9-15)25(3,27)28)29-24-19-12-32(22-10-20(26)16-7-17(22)8-16)23(33)11-21(19)30-14(2)31-24/h4-6,9,11-13,16-17,20,22H,7-8,10H2,1-3H3,(H,29,30,31)/t13-,16?,17?,20?,22+/m1/s1. The van der Waals surface area contributed by atoms with Crippen molar-refractivity contribution in [1.82, 2.24) is 14.5 Å². The predicted octanol–water partition coefficient (Wildman–Crippen LogP) is 5.69. The van der Waals surface area contributed by atoms with Crippen LogP contribution in [0.25, 0.3) is 10.9 Å². The number of halogens is 3. The molecule has 2 aromatic heterocycles. The van der Waals surface area contributed by atoms with E-state index in [4.69, 9.17) is 0 Å². The first-order valence-electron chi connectivity index (χ1n) is 11.4. The molecule has 3 aliphatic carbocycles. The molecule has 0 saturated heterocycles. The van der Waals surface area contributed by atoms with Crippen LogP contribution in [0.1, 0.15) is 62.1 Å². The first kappa shape index (κ1) is 21.9. The number of anilines is 1. The largest absolute Gasteiger partial charge is 0.363 e. The average molecular weight is 457 g/mol. The number of nitrogens with one attached hydrogen (secondary N) is 1. The van der Waals surface area contributed by atoms with E-state index in [0.29, 0.717) is 40.4 Å². The van der Waals surface area contributed by atoms with Gasteiger partial charge in [0.15, 0.2) is 0 Å². The van der Waals surface area contributed by atoms with Crippen LogP contribution in [0.3, 0.4) is 0 Å². The van der Waals surface area contributed by atoms with Crippen molar-refractivity contribution < 1.29 is 13.2 Å². The number of aryl methyl sites for hydroxylation is 1. The second kappa shape index (κ2) is 7.85. The van der Waals surface area contributed by atoms with E-state index in [1.165, 1.54) is 18.2 Å². The molecule has 3 atom stereocenters. The minimum atomic E-state index is -2.93. The lowest BCUT2D eigenvalue weighted by atomic mass is 9.61. The van der Waals surface area contributed by atoms with Gasteiger partial charge in [-0.25, -0.2) is 23.1 Å². The van der Waals surface area contributed by atoms with Crippen molar-refractivity contribution in [2.24, 2.45) is 11.8 Å². The van der Waals surface area contributed by atoms with Crippen molar-refractivity contribution in [2.45, 2.75) is 64.2 Å². The van der Waals surface area contributed by atoms with Crippen molar-refractivity contribution in [3.05, 3.63) is 63.8 Å². The average Bonchev–Trinajstić information content (AvgIpc) is 2.71. The first-order valence-corrected chi connectivity index (χ1v) is 11.4. The molecule has 0 amide bonds. The zero-order valence-corrected chi connectivity index (χ0v) is 18.9. The molecule has 8 heteroatoms. The fourth-order valence-corrected chi connectivity index (χ4v) is 5.25. The van der Waals surface area contributed by atoms with E-state index in [9.17, 15) is 18.0 Å². The van der Waals surface area contributed by atoms with E-state index in [-0.39, 0.29) is 29.1 Å². The van der Waals surface area contributed by atoms with E-state index in [1.807, 2.05) is 6.92 Å². The van der Waals surface area contributed by atoms with Gasteiger partial charge in [0, 0.05) is 36.8 Å². The summed E-state index contributed by atoms with van der Waals surface area (Å²) in [6.07, 6.45) is 2.85. The normalized spacial score (nSPS) is 25.5. The van der Waals surface area contributed by atoms with Gasteiger partial charge < -0.3 is 9.88 Å². The highest BCUT2D eigenvalue weighted by atomic mass is 19.3. The number of benzene rings is 1. The number of fused-ring (bicyclic) bond motifs is 3. The molecule has 3 aromatic rings. The molecular weight excluding hydrogens is 429 g/mol. The van der Waals surface area contributed by atoms with Crippen LogP contribution in [0, 0.1) is 18.8 Å². The van der Waals surface area contributed by atoms with Gasteiger partial charge in [0.25, 0.3) is 11.5 Å². The van der Waals surface area contributed by atoms with Crippen LogP contribution in [-0.2, 0) is 5.92 Å². The maximum atomic E-state index is 14.4. The quantitative estimate of drug-likeness (QED) is 0.536. The maximum absolute atomic E-state index is 14.4. The number of aromatic nitrogens is 3. The monoisotopic (exact) mass is 456 g/mol. The van der Waals surface area contributed by atoms with Crippen molar-refractivity contribution in [3.8, 4) is 0 Å². The van der Waals surface area contributed by atoms with Crippen molar-refractivity contribution in [3.63, 3.8) is 0 Å². The van der Waals surface area contributed by atoms with Crippen LogP contribution in [0.5, 0.6) is 0 Å². The molecule has 0 spiro atoms. The zero-order valence-electron chi connectivity index (χ0n) is 18.9. The van der Waals surface area contributed by atoms with E-state index in [2.05, 4.69) is 15.3 Å². The summed E-state index contributed by atoms with van der Waals surface area (Å²) in [4.78, 5) is 21.8. The van der Waals surface area contributed by atoms with Crippen LogP contribution in [0.4, 0.5) is 19.0 Å². The number of alkyl halides is 3. The molecule has 3 saturated carbocycles. The molecule has 0 aliphatic heterocycles. The molecule has 1 aromatic carbocycles. The maximum Gasteiger partial charge on any atom is 0.270 e. The number of hydrogen-bond acceptors (Lipinski definition) is 4. The Bertz CT molecular complexity index is 1260. The smallest absolute Gasteiger partial charge is 0.270 e. The van der Waals surface area contributed by atoms with Gasteiger partial charge in [-0.1, -0.05) is 18.2 Å². The second-order valence-electron chi connectivity index (χ2n) is 9.63. The number of nitrogens with zero attached hydrogens (tertiary/aromatic N) is 3. The Morgan fingerprint density at radius 3 is 2.61 bits per heavy atom. The summed E-state index contributed by atoms with van der Waals surface area (Å²) < 4.78 is 43.7. The Kier molecular flexibility index (Phi) is 5.21. The topological polar surface area (TPSA) is 59.8 Å². The molecule has 3 fully saturated rings. The number of pyridine rings is 1. The highest BCUT2D eigenvalue weighted by Gasteiger charge is 2.47. The molecule has 6 rings (SSSR count). The van der Waals surface area contributed by atoms with E-state index < -0.39 is 12.1 Å². The predicted molar refractivity (Wildman–Crippen MR) is 121 cm³/mol. The summed E-state index contributed by atoms with van der Waals surface area (Å²) in [6.45, 7) is 4.49. The minimum Gasteiger partial charge on any atom is -0.363 e. The van der Waals surface area contributed by atoms with Crippen LogP contribution in [0.2, 0.25) is 0 Å². The molecule has 2 bridgehead atoms. The highest BCUT2D eigenvalue weighted by molar-refractivity contribution is 5.88. The summed E-state index contributed by atoms with van der Waals surface area (Å²) in [6, 6.07) is 7.29. The molecule has 1 unspecified atom stereocenters. The summed E-state index contributed by atoms with van der Waals surface area (Å²) in [5.41, 5.74) is 0.953.